The van der Waals surface area contributed by atoms with Crippen molar-refractivity contribution in [2.75, 3.05) is 185 Å². The second kappa shape index (κ2) is 47.4. The van der Waals surface area contributed by atoms with Crippen LogP contribution in [0.15, 0.2) is 0 Å². The molecule has 0 aromatic carbocycles. The molecule has 0 saturated heterocycles. The van der Waals surface area contributed by atoms with Crippen LogP contribution >= 0.6 is 0 Å². The Kier molecular flexibility index (Phi) is 47.1. The van der Waals surface area contributed by atoms with Gasteiger partial charge in [-0.25, -0.2) is 0 Å². The van der Waals surface area contributed by atoms with Gasteiger partial charge in [0.15, 0.2) is 0 Å². The molecule has 0 spiro atoms. The topological polar surface area (TPSA) is 129 Å². The van der Waals surface area contributed by atoms with Crippen LogP contribution in [0.5, 0.6) is 0 Å². The molecule has 0 aromatic rings. The van der Waals surface area contributed by atoms with Crippen molar-refractivity contribution in [1.82, 2.24) is 0 Å². The van der Waals surface area contributed by atoms with Crippen LogP contribution in [0.3, 0.4) is 0 Å². The fraction of sp³-hybridized carbons (Fsp3) is 1.00. The molecule has 0 fully saturated rings. The zero-order chi connectivity index (χ0) is 50.4. The fourth-order valence-corrected chi connectivity index (χ4v) is 6.17. The minimum atomic E-state index is -0.664. The highest BCUT2D eigenvalue weighted by Gasteiger charge is 2.37. The van der Waals surface area contributed by atoms with Crippen molar-refractivity contribution >= 4 is 0 Å². The molecule has 0 rings (SSSR count). The van der Waals surface area contributed by atoms with Crippen molar-refractivity contribution in [1.29, 1.82) is 0 Å². The molecule has 410 valence electrons. The van der Waals surface area contributed by atoms with Gasteiger partial charge >= 0.3 is 0 Å². The average molecular weight is 983 g/mol. The first-order valence-electron chi connectivity index (χ1n) is 26.8. The summed E-state index contributed by atoms with van der Waals surface area (Å²) in [5.74, 6) is 3.50. The van der Waals surface area contributed by atoms with Gasteiger partial charge in [-0.2, -0.15) is 0 Å². The Hall–Kier alpha value is -0.560. The van der Waals surface area contributed by atoms with Gasteiger partial charge in [0.25, 0.3) is 0 Å². The molecule has 0 heterocycles. The van der Waals surface area contributed by atoms with Gasteiger partial charge in [0.2, 0.25) is 0 Å². The van der Waals surface area contributed by atoms with Crippen molar-refractivity contribution in [3.63, 3.8) is 0 Å². The van der Waals surface area contributed by atoms with Crippen LogP contribution in [0.1, 0.15) is 122 Å². The Labute approximate surface area is 418 Å². The number of ether oxygens (including phenoxy) is 14. The SMILES string of the molecule is CC(C)CCOCCOCCOCC(COCCOCCC(C)C)(COCCOCCC(C)C)COCC(COCCOCCC(C)C)(COCCOCCC(C)C)COCCOCCC(C)C. The van der Waals surface area contributed by atoms with Gasteiger partial charge in [0.1, 0.15) is 0 Å². The molecular weight excluding hydrogens is 873 g/mol. The van der Waals surface area contributed by atoms with Gasteiger partial charge in [-0.1, -0.05) is 83.1 Å². The number of hydrogen-bond acceptors (Lipinski definition) is 14. The predicted octanol–water partition coefficient (Wildman–Crippen LogP) is 9.47. The van der Waals surface area contributed by atoms with E-state index in [9.17, 15) is 0 Å². The van der Waals surface area contributed by atoms with E-state index in [1.807, 2.05) is 0 Å². The largest absolute Gasteiger partial charge is 0.380 e. The molecule has 0 saturated carbocycles. The zero-order valence-corrected chi connectivity index (χ0v) is 46.2. The molecule has 0 unspecified atom stereocenters. The maximum atomic E-state index is 6.84. The second-order valence-corrected chi connectivity index (χ2v) is 21.2. The van der Waals surface area contributed by atoms with Crippen molar-refractivity contribution in [2.45, 2.75) is 122 Å². The summed E-state index contributed by atoms with van der Waals surface area (Å²) < 4.78 is 86.3. The van der Waals surface area contributed by atoms with Crippen molar-refractivity contribution < 1.29 is 66.3 Å². The highest BCUT2D eigenvalue weighted by molar-refractivity contribution is 4.83. The Balaban J connectivity index is 6.30. The molecule has 0 bridgehead atoms. The predicted molar refractivity (Wildman–Crippen MR) is 273 cm³/mol. The van der Waals surface area contributed by atoms with Crippen LogP contribution in [0, 0.1) is 46.3 Å². The Morgan fingerprint density at radius 3 is 0.471 bits per heavy atom. The third-order valence-corrected chi connectivity index (χ3v) is 10.9. The third-order valence-electron chi connectivity index (χ3n) is 10.9. The monoisotopic (exact) mass is 983 g/mol. The van der Waals surface area contributed by atoms with Crippen molar-refractivity contribution in [2.24, 2.45) is 46.3 Å². The third kappa shape index (κ3) is 46.5. The average Bonchev–Trinajstić information content (AvgIpc) is 3.27. The first kappa shape index (κ1) is 67.4. The molecule has 68 heavy (non-hydrogen) atoms. The van der Waals surface area contributed by atoms with Gasteiger partial charge in [-0.15, -0.1) is 0 Å². The lowest BCUT2D eigenvalue weighted by atomic mass is 9.90. The second-order valence-electron chi connectivity index (χ2n) is 21.2. The first-order valence-corrected chi connectivity index (χ1v) is 26.8. The molecule has 0 aliphatic rings. The summed E-state index contributed by atoms with van der Waals surface area (Å²) in [5, 5.41) is 0. The molecule has 14 heteroatoms. The molecule has 0 radical (unpaired) electrons. The number of hydrogen-bond donors (Lipinski definition) is 0. The molecule has 0 aliphatic heterocycles. The molecule has 0 aliphatic carbocycles. The lowest BCUT2D eigenvalue weighted by molar-refractivity contribution is -0.150. The van der Waals surface area contributed by atoms with Gasteiger partial charge in [0, 0.05) is 39.6 Å². The summed E-state index contributed by atoms with van der Waals surface area (Å²) in [4.78, 5) is 0. The zero-order valence-electron chi connectivity index (χ0n) is 46.2. The van der Waals surface area contributed by atoms with Gasteiger partial charge in [0.05, 0.1) is 156 Å². The molecule has 0 amide bonds. The van der Waals surface area contributed by atoms with E-state index in [2.05, 4.69) is 83.1 Å². The van der Waals surface area contributed by atoms with E-state index in [4.69, 9.17) is 66.3 Å². The van der Waals surface area contributed by atoms with Crippen LogP contribution in [0.4, 0.5) is 0 Å². The van der Waals surface area contributed by atoms with Crippen molar-refractivity contribution in [3.8, 4) is 0 Å². The van der Waals surface area contributed by atoms with Gasteiger partial charge in [-0.3, -0.25) is 0 Å². The Morgan fingerprint density at radius 1 is 0.176 bits per heavy atom. The van der Waals surface area contributed by atoms with E-state index < -0.39 is 10.8 Å². The molecular formula is C54H110O14. The van der Waals surface area contributed by atoms with E-state index in [0.717, 1.165) is 45.1 Å². The maximum absolute atomic E-state index is 6.84. The lowest BCUT2D eigenvalue weighted by Crippen LogP contribution is -2.46. The normalized spacial score (nSPS) is 12.8. The van der Waals surface area contributed by atoms with E-state index in [1.165, 1.54) is 0 Å². The minimum Gasteiger partial charge on any atom is -0.380 e. The smallest absolute Gasteiger partial charge is 0.0701 e. The Bertz CT molecular complexity index is 937. The highest BCUT2D eigenvalue weighted by atomic mass is 16.6. The molecule has 0 N–H and O–H groups in total. The molecule has 0 aromatic heterocycles. The minimum absolute atomic E-state index is 0.288. The summed E-state index contributed by atoms with van der Waals surface area (Å²) in [5.41, 5.74) is -1.31. The number of rotatable bonds is 55. The van der Waals surface area contributed by atoms with Crippen LogP contribution in [-0.4, -0.2) is 185 Å². The summed E-state index contributed by atoms with van der Waals surface area (Å²) in [7, 11) is 0. The first-order chi connectivity index (χ1) is 32.7. The molecule has 14 nitrogen and oxygen atoms in total. The quantitative estimate of drug-likeness (QED) is 0.0537. The van der Waals surface area contributed by atoms with Gasteiger partial charge in [-0.05, 0) is 74.0 Å². The Morgan fingerprint density at radius 2 is 0.309 bits per heavy atom. The van der Waals surface area contributed by atoms with Gasteiger partial charge < -0.3 is 66.3 Å². The van der Waals surface area contributed by atoms with Crippen LogP contribution in [0.2, 0.25) is 0 Å². The summed E-state index contributed by atoms with van der Waals surface area (Å²) in [6.07, 6.45) is 6.07. The maximum Gasteiger partial charge on any atom is 0.0701 e. The van der Waals surface area contributed by atoms with Crippen LogP contribution < -0.4 is 0 Å². The highest BCUT2D eigenvalue weighted by Crippen LogP contribution is 2.26. The lowest BCUT2D eigenvalue weighted by Gasteiger charge is -2.37. The van der Waals surface area contributed by atoms with E-state index in [-0.39, 0.29) is 6.61 Å². The summed E-state index contributed by atoms with van der Waals surface area (Å²) >= 11 is 0. The van der Waals surface area contributed by atoms with Crippen LogP contribution in [-0.2, 0) is 66.3 Å². The summed E-state index contributed by atoms with van der Waals surface area (Å²) in [6.45, 7) is 39.9. The fourth-order valence-electron chi connectivity index (χ4n) is 6.17. The van der Waals surface area contributed by atoms with E-state index in [0.29, 0.717) is 207 Å². The van der Waals surface area contributed by atoms with Crippen molar-refractivity contribution in [3.05, 3.63) is 0 Å². The summed E-state index contributed by atoms with van der Waals surface area (Å²) in [6, 6.07) is 0. The van der Waals surface area contributed by atoms with E-state index in [1.54, 1.807) is 0 Å². The standard InChI is InChI=1S/C54H110O14/c1-47(2)13-19-55-25-26-61-32-38-67-44-54(42-65-36-30-59-23-17-51(9)10,43-66-37-31-60-24-18-52(11)12)46-68-45-53(39-62-33-27-56-20-14-48(3)4,40-63-34-28-57-21-15-49(5)6)41-64-35-29-58-22-16-50(7)8/h47-52H,13-46H2,1-12H3. The van der Waals surface area contributed by atoms with Crippen LogP contribution in [0.25, 0.3) is 0 Å². The molecule has 0 atom stereocenters. The van der Waals surface area contributed by atoms with E-state index >= 15 is 0 Å².